The van der Waals surface area contributed by atoms with Crippen molar-refractivity contribution in [2.75, 3.05) is 52.7 Å². The highest BCUT2D eigenvalue weighted by atomic mass is 16.5. The summed E-state index contributed by atoms with van der Waals surface area (Å²) in [5.41, 5.74) is 3.12. The third-order valence-corrected chi connectivity index (χ3v) is 6.66. The number of nitrogens with one attached hydrogen (secondary N) is 1. The van der Waals surface area contributed by atoms with Crippen LogP contribution in [-0.2, 0) is 23.8 Å². The van der Waals surface area contributed by atoms with Crippen molar-refractivity contribution in [3.63, 3.8) is 0 Å². The van der Waals surface area contributed by atoms with Gasteiger partial charge in [-0.25, -0.2) is 4.79 Å². The minimum atomic E-state index is -0.317. The summed E-state index contributed by atoms with van der Waals surface area (Å²) in [5, 5.41) is 3.46. The Morgan fingerprint density at radius 3 is 2.65 bits per heavy atom. The van der Waals surface area contributed by atoms with Crippen LogP contribution in [0.4, 0.5) is 0 Å². The van der Waals surface area contributed by atoms with Gasteiger partial charge in [0.15, 0.2) is 5.78 Å². The Bertz CT molecular complexity index is 775. The number of rotatable bonds is 8. The van der Waals surface area contributed by atoms with Crippen molar-refractivity contribution in [1.82, 2.24) is 10.2 Å². The quantitative estimate of drug-likeness (QED) is 0.466. The van der Waals surface area contributed by atoms with Gasteiger partial charge in [-0.15, -0.1) is 0 Å². The van der Waals surface area contributed by atoms with Gasteiger partial charge in [-0.3, -0.25) is 9.69 Å². The SMILES string of the molecule is CCOC(=O)C1=C(COCCN2CCOCC2)NC2=C(C(=O)CC(C)(C)C2)C1C1CC1. The summed E-state index contributed by atoms with van der Waals surface area (Å²) in [4.78, 5) is 28.5. The lowest BCUT2D eigenvalue weighted by Crippen LogP contribution is -2.42. The number of nitrogens with zero attached hydrogens (tertiary/aromatic N) is 1. The van der Waals surface area contributed by atoms with Crippen molar-refractivity contribution < 1.29 is 23.8 Å². The number of esters is 1. The zero-order chi connectivity index (χ0) is 22.0. The van der Waals surface area contributed by atoms with Crippen molar-refractivity contribution >= 4 is 11.8 Å². The van der Waals surface area contributed by atoms with Crippen LogP contribution in [0.1, 0.15) is 46.5 Å². The summed E-state index contributed by atoms with van der Waals surface area (Å²) in [6.45, 7) is 11.5. The van der Waals surface area contributed by atoms with Crippen molar-refractivity contribution in [1.29, 1.82) is 0 Å². The Hall–Kier alpha value is -1.70. The third-order valence-electron chi connectivity index (χ3n) is 6.66. The number of morpholine rings is 1. The lowest BCUT2D eigenvalue weighted by atomic mass is 9.69. The van der Waals surface area contributed by atoms with E-state index in [4.69, 9.17) is 14.2 Å². The van der Waals surface area contributed by atoms with Crippen LogP contribution in [0.3, 0.4) is 0 Å². The molecule has 4 aliphatic rings. The molecule has 7 heteroatoms. The molecule has 0 spiro atoms. The number of allylic oxidation sites excluding steroid dienone is 2. The van der Waals surface area contributed by atoms with Crippen LogP contribution >= 0.6 is 0 Å². The van der Waals surface area contributed by atoms with E-state index in [1.54, 1.807) is 0 Å². The molecular weight excluding hydrogens is 396 g/mol. The smallest absolute Gasteiger partial charge is 0.336 e. The normalized spacial score (nSPS) is 26.5. The van der Waals surface area contributed by atoms with E-state index >= 15 is 0 Å². The molecule has 0 amide bonds. The summed E-state index contributed by atoms with van der Waals surface area (Å²) in [7, 11) is 0. The molecule has 7 nitrogen and oxygen atoms in total. The molecule has 2 heterocycles. The van der Waals surface area contributed by atoms with Crippen LogP contribution < -0.4 is 5.32 Å². The second-order valence-corrected chi connectivity index (χ2v) is 9.89. The van der Waals surface area contributed by atoms with Crippen LogP contribution in [0.2, 0.25) is 0 Å². The Labute approximate surface area is 185 Å². The van der Waals surface area contributed by atoms with E-state index in [9.17, 15) is 9.59 Å². The number of carbonyl (C=O) groups excluding carboxylic acids is 2. The van der Waals surface area contributed by atoms with E-state index in [0.29, 0.717) is 37.7 Å². The molecule has 0 bridgehead atoms. The van der Waals surface area contributed by atoms with Crippen LogP contribution in [0, 0.1) is 17.3 Å². The maximum Gasteiger partial charge on any atom is 0.336 e. The van der Waals surface area contributed by atoms with Crippen LogP contribution in [0.15, 0.2) is 22.5 Å². The minimum Gasteiger partial charge on any atom is -0.463 e. The first-order chi connectivity index (χ1) is 14.9. The summed E-state index contributed by atoms with van der Waals surface area (Å²) >= 11 is 0. The van der Waals surface area contributed by atoms with Crippen LogP contribution in [-0.4, -0.2) is 69.3 Å². The van der Waals surface area contributed by atoms with Gasteiger partial charge in [0.05, 0.1) is 44.3 Å². The second-order valence-electron chi connectivity index (χ2n) is 9.89. The summed E-state index contributed by atoms with van der Waals surface area (Å²) in [5.74, 6) is 0.0457. The minimum absolute atomic E-state index is 0.0826. The predicted molar refractivity (Wildman–Crippen MR) is 116 cm³/mol. The molecule has 2 aliphatic heterocycles. The standard InChI is InChI=1S/C24H36N2O5/c1-4-31-23(28)22-18(15-30-12-9-26-7-10-29-11-8-26)25-17-13-24(2,3)14-19(27)21(17)20(22)16-5-6-16/h16,20,25H,4-15H2,1-3H3. The highest BCUT2D eigenvalue weighted by Crippen LogP contribution is 2.51. The molecule has 1 saturated heterocycles. The van der Waals surface area contributed by atoms with Gasteiger partial charge in [-0.1, -0.05) is 13.8 Å². The number of hydrogen-bond acceptors (Lipinski definition) is 7. The van der Waals surface area contributed by atoms with Gasteiger partial charge in [-0.2, -0.15) is 0 Å². The van der Waals surface area contributed by atoms with E-state index in [-0.39, 0.29) is 23.1 Å². The molecule has 2 aliphatic carbocycles. The number of hydrogen-bond donors (Lipinski definition) is 1. The van der Waals surface area contributed by atoms with Crippen molar-refractivity contribution in [2.45, 2.75) is 46.5 Å². The zero-order valence-electron chi connectivity index (χ0n) is 19.1. The van der Waals surface area contributed by atoms with Gasteiger partial charge in [-0.05, 0) is 37.5 Å². The molecule has 172 valence electrons. The fraction of sp³-hybridized carbons (Fsp3) is 0.750. The maximum absolute atomic E-state index is 13.1. The van der Waals surface area contributed by atoms with Gasteiger partial charge in [0, 0.05) is 43.2 Å². The molecule has 0 aromatic carbocycles. The first-order valence-corrected chi connectivity index (χ1v) is 11.7. The predicted octanol–water partition coefficient (Wildman–Crippen LogP) is 2.42. The number of dihydropyridines is 1. The van der Waals surface area contributed by atoms with E-state index < -0.39 is 0 Å². The number of Topliss-reactive ketones (excluding diaryl/α,β-unsaturated/α-hetero) is 1. The average molecular weight is 433 g/mol. The zero-order valence-corrected chi connectivity index (χ0v) is 19.1. The molecule has 0 aromatic rings. The molecule has 2 fully saturated rings. The Balaban J connectivity index is 1.53. The molecule has 4 rings (SSSR count). The highest BCUT2D eigenvalue weighted by molar-refractivity contribution is 6.02. The van der Waals surface area contributed by atoms with Crippen LogP contribution in [0.5, 0.6) is 0 Å². The number of carbonyl (C=O) groups is 2. The van der Waals surface area contributed by atoms with E-state index in [0.717, 1.165) is 69.1 Å². The van der Waals surface area contributed by atoms with Crippen molar-refractivity contribution in [3.05, 3.63) is 22.5 Å². The molecule has 31 heavy (non-hydrogen) atoms. The first-order valence-electron chi connectivity index (χ1n) is 11.7. The topological polar surface area (TPSA) is 77.1 Å². The first kappa shape index (κ1) is 22.5. The monoisotopic (exact) mass is 432 g/mol. The van der Waals surface area contributed by atoms with Gasteiger partial charge >= 0.3 is 5.97 Å². The van der Waals surface area contributed by atoms with Gasteiger partial charge in [0.25, 0.3) is 0 Å². The summed E-state index contributed by atoms with van der Waals surface area (Å²) in [6, 6.07) is 0. The fourth-order valence-corrected chi connectivity index (χ4v) is 5.06. The molecule has 1 unspecified atom stereocenters. The lowest BCUT2D eigenvalue weighted by molar-refractivity contribution is -0.139. The lowest BCUT2D eigenvalue weighted by Gasteiger charge is -2.40. The van der Waals surface area contributed by atoms with Gasteiger partial charge < -0.3 is 19.5 Å². The highest BCUT2D eigenvalue weighted by Gasteiger charge is 2.48. The largest absolute Gasteiger partial charge is 0.463 e. The molecular formula is C24H36N2O5. The fourth-order valence-electron chi connectivity index (χ4n) is 5.06. The van der Waals surface area contributed by atoms with Gasteiger partial charge in [0.1, 0.15) is 0 Å². The maximum atomic E-state index is 13.1. The third kappa shape index (κ3) is 5.21. The molecule has 1 saturated carbocycles. The number of ketones is 1. The second kappa shape index (κ2) is 9.43. The molecule has 1 atom stereocenters. The van der Waals surface area contributed by atoms with Gasteiger partial charge in [0.2, 0.25) is 0 Å². The van der Waals surface area contributed by atoms with E-state index in [1.165, 1.54) is 0 Å². The van der Waals surface area contributed by atoms with Crippen molar-refractivity contribution in [3.8, 4) is 0 Å². The molecule has 1 N–H and O–H groups in total. The van der Waals surface area contributed by atoms with Crippen LogP contribution in [0.25, 0.3) is 0 Å². The molecule has 0 aromatic heterocycles. The Morgan fingerprint density at radius 2 is 1.97 bits per heavy atom. The summed E-state index contributed by atoms with van der Waals surface area (Å²) < 4.78 is 16.8. The van der Waals surface area contributed by atoms with Crippen molar-refractivity contribution in [2.24, 2.45) is 17.3 Å². The number of ether oxygens (including phenoxy) is 3. The van der Waals surface area contributed by atoms with E-state index in [2.05, 4.69) is 24.1 Å². The summed E-state index contributed by atoms with van der Waals surface area (Å²) in [6.07, 6.45) is 3.43. The Morgan fingerprint density at radius 1 is 1.23 bits per heavy atom. The molecule has 0 radical (unpaired) electrons. The van der Waals surface area contributed by atoms with E-state index in [1.807, 2.05) is 6.92 Å². The Kier molecular flexibility index (Phi) is 6.84. The average Bonchev–Trinajstić information content (AvgIpc) is 3.55.